The van der Waals surface area contributed by atoms with Crippen LogP contribution >= 0.6 is 0 Å². The number of carbonyl (C=O) groups excluding carboxylic acids is 1. The van der Waals surface area contributed by atoms with E-state index < -0.39 is 0 Å². The Morgan fingerprint density at radius 2 is 2.42 bits per heavy atom. The molecule has 1 aliphatic heterocycles. The third-order valence-electron chi connectivity index (χ3n) is 4.38. The van der Waals surface area contributed by atoms with Gasteiger partial charge < -0.3 is 15.4 Å². The number of methoxy groups -OCH3 is 1. The molecule has 128 valence electrons. The van der Waals surface area contributed by atoms with Crippen LogP contribution in [0.3, 0.4) is 0 Å². The molecular formula is C16H22N6O2. The summed E-state index contributed by atoms with van der Waals surface area (Å²) in [5.41, 5.74) is 1.18. The minimum atomic E-state index is -0.151. The van der Waals surface area contributed by atoms with Crippen molar-refractivity contribution in [3.05, 3.63) is 30.1 Å². The molecule has 0 aliphatic carbocycles. The summed E-state index contributed by atoms with van der Waals surface area (Å²) in [6.45, 7) is 3.09. The van der Waals surface area contributed by atoms with Gasteiger partial charge in [-0.05, 0) is 54.4 Å². The number of nitrogens with zero attached hydrogens (tertiary/aromatic N) is 4. The van der Waals surface area contributed by atoms with Crippen LogP contribution in [0, 0.1) is 0 Å². The molecule has 2 atom stereocenters. The monoisotopic (exact) mass is 330 g/mol. The van der Waals surface area contributed by atoms with Gasteiger partial charge in [0, 0.05) is 12.1 Å². The van der Waals surface area contributed by atoms with Crippen LogP contribution in [-0.2, 0) is 0 Å². The number of nitrogens with one attached hydrogen (secondary N) is 2. The van der Waals surface area contributed by atoms with E-state index in [4.69, 9.17) is 4.74 Å². The molecule has 2 aromatic rings. The second kappa shape index (κ2) is 7.39. The molecule has 8 nitrogen and oxygen atoms in total. The SMILES string of the molecule is CCC(NC(=O)c1cc(-n2cnnn2)ccc1OC)C1CCCN1. The van der Waals surface area contributed by atoms with Crippen molar-refractivity contribution in [2.45, 2.75) is 38.3 Å². The summed E-state index contributed by atoms with van der Waals surface area (Å²) < 4.78 is 6.85. The number of carbonyl (C=O) groups is 1. The zero-order valence-electron chi connectivity index (χ0n) is 13.9. The largest absolute Gasteiger partial charge is 0.496 e. The Bertz CT molecular complexity index is 682. The van der Waals surface area contributed by atoms with E-state index in [1.807, 2.05) is 6.07 Å². The Kier molecular flexibility index (Phi) is 5.05. The summed E-state index contributed by atoms with van der Waals surface area (Å²) in [4.78, 5) is 12.8. The standard InChI is InChI=1S/C16H22N6O2/c1-3-13(14-5-4-8-17-14)19-16(23)12-9-11(6-7-15(12)24-2)22-10-18-20-21-22/h6-7,9-10,13-14,17H,3-5,8H2,1-2H3,(H,19,23). The highest BCUT2D eigenvalue weighted by molar-refractivity contribution is 5.97. The van der Waals surface area contributed by atoms with Crippen molar-refractivity contribution in [3.8, 4) is 11.4 Å². The first kappa shape index (κ1) is 16.4. The Hall–Kier alpha value is -2.48. The molecule has 1 aromatic heterocycles. The summed E-state index contributed by atoms with van der Waals surface area (Å²) in [6.07, 6.45) is 4.59. The first-order valence-corrected chi connectivity index (χ1v) is 8.18. The molecule has 1 aromatic carbocycles. The topological polar surface area (TPSA) is 94.0 Å². The number of benzene rings is 1. The maximum atomic E-state index is 12.8. The van der Waals surface area contributed by atoms with Gasteiger partial charge in [-0.1, -0.05) is 6.92 Å². The maximum Gasteiger partial charge on any atom is 0.255 e. The van der Waals surface area contributed by atoms with Gasteiger partial charge in [0.15, 0.2) is 0 Å². The predicted octanol–water partition coefficient (Wildman–Crippen LogP) is 0.931. The quantitative estimate of drug-likeness (QED) is 0.818. The van der Waals surface area contributed by atoms with E-state index in [0.29, 0.717) is 23.0 Å². The van der Waals surface area contributed by atoms with E-state index in [0.717, 1.165) is 25.8 Å². The van der Waals surface area contributed by atoms with Gasteiger partial charge in [-0.2, -0.15) is 0 Å². The summed E-state index contributed by atoms with van der Waals surface area (Å²) in [5, 5.41) is 17.7. The molecule has 0 saturated carbocycles. The molecule has 0 spiro atoms. The third kappa shape index (κ3) is 3.38. The van der Waals surface area contributed by atoms with Gasteiger partial charge >= 0.3 is 0 Å². The first-order chi connectivity index (χ1) is 11.7. The molecule has 1 amide bonds. The van der Waals surface area contributed by atoms with E-state index in [2.05, 4.69) is 33.1 Å². The van der Waals surface area contributed by atoms with Gasteiger partial charge in [-0.15, -0.1) is 5.10 Å². The van der Waals surface area contributed by atoms with Crippen LogP contribution < -0.4 is 15.4 Å². The van der Waals surface area contributed by atoms with Crippen molar-refractivity contribution in [1.29, 1.82) is 0 Å². The van der Waals surface area contributed by atoms with Crippen molar-refractivity contribution >= 4 is 5.91 Å². The number of tetrazole rings is 1. The van der Waals surface area contributed by atoms with Crippen LogP contribution in [0.5, 0.6) is 5.75 Å². The Morgan fingerprint density at radius 3 is 3.04 bits per heavy atom. The molecule has 1 aliphatic rings. The van der Waals surface area contributed by atoms with E-state index in [1.54, 1.807) is 19.2 Å². The summed E-state index contributed by atoms with van der Waals surface area (Å²) in [7, 11) is 1.55. The van der Waals surface area contributed by atoms with Crippen LogP contribution in [-0.4, -0.2) is 51.9 Å². The number of ether oxygens (including phenoxy) is 1. The lowest BCUT2D eigenvalue weighted by molar-refractivity contribution is 0.0924. The van der Waals surface area contributed by atoms with Gasteiger partial charge in [-0.3, -0.25) is 4.79 Å². The number of hydrogen-bond donors (Lipinski definition) is 2. The van der Waals surface area contributed by atoms with Crippen molar-refractivity contribution in [3.63, 3.8) is 0 Å². The zero-order valence-corrected chi connectivity index (χ0v) is 13.9. The average molecular weight is 330 g/mol. The molecule has 1 saturated heterocycles. The smallest absolute Gasteiger partial charge is 0.255 e. The molecule has 1 fully saturated rings. The molecule has 24 heavy (non-hydrogen) atoms. The third-order valence-corrected chi connectivity index (χ3v) is 4.38. The fraction of sp³-hybridized carbons (Fsp3) is 0.500. The number of amides is 1. The number of rotatable bonds is 6. The molecule has 0 bridgehead atoms. The van der Waals surface area contributed by atoms with Gasteiger partial charge in [-0.25, -0.2) is 4.68 Å². The van der Waals surface area contributed by atoms with Crippen LogP contribution in [0.25, 0.3) is 5.69 Å². The molecule has 3 rings (SSSR count). The van der Waals surface area contributed by atoms with Crippen LogP contribution in [0.15, 0.2) is 24.5 Å². The highest BCUT2D eigenvalue weighted by atomic mass is 16.5. The second-order valence-corrected chi connectivity index (χ2v) is 5.83. The molecule has 8 heteroatoms. The minimum Gasteiger partial charge on any atom is -0.496 e. The highest BCUT2D eigenvalue weighted by Crippen LogP contribution is 2.22. The van der Waals surface area contributed by atoms with Gasteiger partial charge in [0.1, 0.15) is 12.1 Å². The summed E-state index contributed by atoms with van der Waals surface area (Å²) in [5.74, 6) is 0.376. The Balaban J connectivity index is 1.83. The van der Waals surface area contributed by atoms with E-state index in [9.17, 15) is 4.79 Å². The number of hydrogen-bond acceptors (Lipinski definition) is 6. The fourth-order valence-corrected chi connectivity index (χ4v) is 3.08. The van der Waals surface area contributed by atoms with Gasteiger partial charge in [0.25, 0.3) is 5.91 Å². The Labute approximate surface area is 140 Å². The molecular weight excluding hydrogens is 308 g/mol. The fourth-order valence-electron chi connectivity index (χ4n) is 3.08. The maximum absolute atomic E-state index is 12.8. The van der Waals surface area contributed by atoms with E-state index in [-0.39, 0.29) is 11.9 Å². The molecule has 2 unspecified atom stereocenters. The second-order valence-electron chi connectivity index (χ2n) is 5.83. The van der Waals surface area contributed by atoms with Crippen molar-refractivity contribution in [2.75, 3.05) is 13.7 Å². The van der Waals surface area contributed by atoms with Gasteiger partial charge in [0.2, 0.25) is 0 Å². The van der Waals surface area contributed by atoms with E-state index in [1.165, 1.54) is 11.0 Å². The van der Waals surface area contributed by atoms with Gasteiger partial charge in [0.05, 0.1) is 18.4 Å². The average Bonchev–Trinajstić information content (AvgIpc) is 3.32. The first-order valence-electron chi connectivity index (χ1n) is 8.18. The summed E-state index contributed by atoms with van der Waals surface area (Å²) in [6, 6.07) is 5.72. The van der Waals surface area contributed by atoms with E-state index >= 15 is 0 Å². The molecule has 2 heterocycles. The van der Waals surface area contributed by atoms with Crippen LogP contribution in [0.4, 0.5) is 0 Å². The molecule has 2 N–H and O–H groups in total. The minimum absolute atomic E-state index is 0.0985. The lowest BCUT2D eigenvalue weighted by Crippen LogP contribution is -2.47. The normalized spacial score (nSPS) is 18.3. The molecule has 0 radical (unpaired) electrons. The number of aromatic nitrogens is 4. The highest BCUT2D eigenvalue weighted by Gasteiger charge is 2.26. The lowest BCUT2D eigenvalue weighted by atomic mass is 10.0. The predicted molar refractivity (Wildman–Crippen MR) is 88.3 cm³/mol. The van der Waals surface area contributed by atoms with Crippen molar-refractivity contribution in [2.24, 2.45) is 0 Å². The Morgan fingerprint density at radius 1 is 1.54 bits per heavy atom. The van der Waals surface area contributed by atoms with Crippen molar-refractivity contribution in [1.82, 2.24) is 30.8 Å². The van der Waals surface area contributed by atoms with Crippen LogP contribution in [0.1, 0.15) is 36.5 Å². The van der Waals surface area contributed by atoms with Crippen molar-refractivity contribution < 1.29 is 9.53 Å². The zero-order chi connectivity index (χ0) is 16.9. The lowest BCUT2D eigenvalue weighted by Gasteiger charge is -2.24. The summed E-state index contributed by atoms with van der Waals surface area (Å²) >= 11 is 0. The van der Waals surface area contributed by atoms with Crippen LogP contribution in [0.2, 0.25) is 0 Å².